The van der Waals surface area contributed by atoms with Gasteiger partial charge < -0.3 is 20.2 Å². The maximum Gasteiger partial charge on any atom is 0.390 e. The fourth-order valence-electron chi connectivity index (χ4n) is 2.55. The highest BCUT2D eigenvalue weighted by Crippen LogP contribution is 2.15. The number of ether oxygens (including phenoxy) is 1. The van der Waals surface area contributed by atoms with E-state index >= 15 is 0 Å². The van der Waals surface area contributed by atoms with Crippen molar-refractivity contribution in [2.45, 2.75) is 20.0 Å². The smallest absolute Gasteiger partial charge is 0.390 e. The number of hydrogen-bond acceptors (Lipinski definition) is 6. The van der Waals surface area contributed by atoms with Gasteiger partial charge in [0.05, 0.1) is 42.4 Å². The summed E-state index contributed by atoms with van der Waals surface area (Å²) < 4.78 is 8.17. The number of rotatable bonds is 7. The number of aromatic nitrogens is 4. The van der Waals surface area contributed by atoms with E-state index in [9.17, 15) is 14.9 Å². The van der Waals surface area contributed by atoms with Gasteiger partial charge in [0.25, 0.3) is 0 Å². The number of carbonyl (C=O) groups excluding carboxylic acids is 1. The van der Waals surface area contributed by atoms with Gasteiger partial charge in [0.1, 0.15) is 12.3 Å². The molecule has 0 saturated carbocycles. The van der Waals surface area contributed by atoms with E-state index in [1.54, 1.807) is 24.9 Å². The Kier molecular flexibility index (Phi) is 5.15. The molecule has 0 aliphatic rings. The fourth-order valence-corrected chi connectivity index (χ4v) is 2.55. The van der Waals surface area contributed by atoms with E-state index in [4.69, 9.17) is 4.74 Å². The Morgan fingerprint density at radius 1 is 1.37 bits per heavy atom. The normalized spacial score (nSPS) is 10.6. The topological polar surface area (TPSA) is 117 Å². The van der Waals surface area contributed by atoms with E-state index in [1.165, 1.54) is 16.9 Å². The Morgan fingerprint density at radius 2 is 2.19 bits per heavy atom. The van der Waals surface area contributed by atoms with Crippen LogP contribution < -0.4 is 10.1 Å². The summed E-state index contributed by atoms with van der Waals surface area (Å²) >= 11 is 0. The number of amides is 1. The summed E-state index contributed by atoms with van der Waals surface area (Å²) in [5, 5.41) is 21.5. The van der Waals surface area contributed by atoms with E-state index in [-0.39, 0.29) is 18.3 Å². The zero-order chi connectivity index (χ0) is 19.4. The number of methoxy groups -OCH3 is 1. The predicted octanol–water partition coefficient (Wildman–Crippen LogP) is 1.99. The highest BCUT2D eigenvalue weighted by atomic mass is 16.6. The summed E-state index contributed by atoms with van der Waals surface area (Å²) in [6, 6.07) is 8.94. The number of aryl methyl sites for hydroxylation is 1. The molecule has 0 saturated heterocycles. The lowest BCUT2D eigenvalue weighted by Gasteiger charge is -2.05. The monoisotopic (exact) mass is 370 g/mol. The van der Waals surface area contributed by atoms with Gasteiger partial charge in [-0.1, -0.05) is 12.1 Å². The quantitative estimate of drug-likeness (QED) is 0.502. The number of anilines is 1. The van der Waals surface area contributed by atoms with Crippen LogP contribution in [-0.2, 0) is 17.9 Å². The fraction of sp³-hybridized carbons (Fsp3) is 0.235. The minimum Gasteiger partial charge on any atom is -0.497 e. The molecule has 0 unspecified atom stereocenters. The molecular formula is C17H18N6O4. The largest absolute Gasteiger partial charge is 0.497 e. The zero-order valence-corrected chi connectivity index (χ0v) is 14.8. The molecule has 2 aromatic heterocycles. The van der Waals surface area contributed by atoms with Crippen molar-refractivity contribution in [1.82, 2.24) is 19.6 Å². The van der Waals surface area contributed by atoms with Crippen molar-refractivity contribution in [1.29, 1.82) is 0 Å². The minimum absolute atomic E-state index is 0.124. The molecule has 0 bridgehead atoms. The minimum atomic E-state index is -0.593. The number of nitrogens with zero attached hydrogens (tertiary/aromatic N) is 5. The first kappa shape index (κ1) is 18.1. The van der Waals surface area contributed by atoms with Gasteiger partial charge in [0, 0.05) is 6.20 Å². The first-order valence-corrected chi connectivity index (χ1v) is 8.08. The molecule has 10 nitrogen and oxygen atoms in total. The lowest BCUT2D eigenvalue weighted by molar-refractivity contribution is -0.389. The average molecular weight is 370 g/mol. The third kappa shape index (κ3) is 4.48. The molecular weight excluding hydrogens is 352 g/mol. The van der Waals surface area contributed by atoms with Crippen LogP contribution in [0.15, 0.2) is 42.7 Å². The molecule has 27 heavy (non-hydrogen) atoms. The van der Waals surface area contributed by atoms with Gasteiger partial charge in [-0.2, -0.15) is 9.78 Å². The highest BCUT2D eigenvalue weighted by molar-refractivity contribution is 5.90. The van der Waals surface area contributed by atoms with Gasteiger partial charge in [-0.25, -0.2) is 0 Å². The number of carbonyl (C=O) groups is 1. The second kappa shape index (κ2) is 7.68. The number of nitro groups is 1. The Labute approximate surface area is 154 Å². The van der Waals surface area contributed by atoms with Gasteiger partial charge in [0.2, 0.25) is 5.91 Å². The molecule has 2 heterocycles. The molecule has 1 aromatic carbocycles. The molecule has 1 amide bonds. The molecule has 0 fully saturated rings. The van der Waals surface area contributed by atoms with Gasteiger partial charge in [0.15, 0.2) is 0 Å². The average Bonchev–Trinajstić information content (AvgIpc) is 3.22. The summed E-state index contributed by atoms with van der Waals surface area (Å²) in [6.07, 6.45) is 3.24. The summed E-state index contributed by atoms with van der Waals surface area (Å²) in [5.41, 5.74) is 2.07. The Morgan fingerprint density at radius 3 is 2.89 bits per heavy atom. The van der Waals surface area contributed by atoms with Crippen LogP contribution >= 0.6 is 0 Å². The third-order valence-electron chi connectivity index (χ3n) is 3.84. The maximum atomic E-state index is 12.2. The molecule has 3 rings (SSSR count). The molecule has 0 spiro atoms. The Balaban J connectivity index is 1.61. The summed E-state index contributed by atoms with van der Waals surface area (Å²) in [6.45, 7) is 2.05. The maximum absolute atomic E-state index is 12.2. The Hall–Kier alpha value is -3.69. The van der Waals surface area contributed by atoms with Crippen LogP contribution in [0.2, 0.25) is 0 Å². The van der Waals surface area contributed by atoms with Crippen LogP contribution in [0.5, 0.6) is 5.75 Å². The first-order valence-electron chi connectivity index (χ1n) is 8.08. The third-order valence-corrected chi connectivity index (χ3v) is 3.84. The van der Waals surface area contributed by atoms with Crippen molar-refractivity contribution in [3.63, 3.8) is 0 Å². The Bertz CT molecular complexity index is 977. The van der Waals surface area contributed by atoms with Crippen molar-refractivity contribution in [2.24, 2.45) is 0 Å². The molecule has 0 aliphatic heterocycles. The van der Waals surface area contributed by atoms with Crippen LogP contribution in [0.1, 0.15) is 11.3 Å². The van der Waals surface area contributed by atoms with Crippen LogP contribution in [0.25, 0.3) is 0 Å². The molecule has 10 heteroatoms. The molecule has 3 aromatic rings. The number of benzene rings is 1. The van der Waals surface area contributed by atoms with Gasteiger partial charge in [-0.15, -0.1) is 0 Å². The number of hydrogen-bond donors (Lipinski definition) is 1. The highest BCUT2D eigenvalue weighted by Gasteiger charge is 2.17. The van der Waals surface area contributed by atoms with Gasteiger partial charge in [-0.3, -0.25) is 9.48 Å². The second-order valence-corrected chi connectivity index (χ2v) is 5.88. The van der Waals surface area contributed by atoms with Crippen LogP contribution in [0.4, 0.5) is 11.5 Å². The van der Waals surface area contributed by atoms with Crippen molar-refractivity contribution in [3.05, 3.63) is 64.1 Å². The standard InChI is InChI=1S/C17H18N6O4/c1-12-6-16(23(25)26)20-22(12)11-17(24)19-14-8-18-21(10-14)9-13-4-3-5-15(7-13)27-2/h3-8,10H,9,11H2,1-2H3,(H,19,24). The predicted molar refractivity (Wildman–Crippen MR) is 96.6 cm³/mol. The van der Waals surface area contributed by atoms with E-state index < -0.39 is 4.92 Å². The lowest BCUT2D eigenvalue weighted by Crippen LogP contribution is -2.20. The SMILES string of the molecule is COc1cccc(Cn2cc(NC(=O)Cn3nc([N+](=O)[O-])cc3C)cn2)c1. The second-order valence-electron chi connectivity index (χ2n) is 5.88. The summed E-state index contributed by atoms with van der Waals surface area (Å²) in [5.74, 6) is 0.125. The van der Waals surface area contributed by atoms with Gasteiger partial charge in [-0.05, 0) is 29.5 Å². The van der Waals surface area contributed by atoms with Crippen molar-refractivity contribution in [2.75, 3.05) is 12.4 Å². The van der Waals surface area contributed by atoms with E-state index in [0.717, 1.165) is 11.3 Å². The van der Waals surface area contributed by atoms with Crippen LogP contribution in [-0.4, -0.2) is 37.5 Å². The van der Waals surface area contributed by atoms with Crippen molar-refractivity contribution < 1.29 is 14.5 Å². The number of nitrogens with one attached hydrogen (secondary N) is 1. The van der Waals surface area contributed by atoms with Crippen LogP contribution in [0, 0.1) is 17.0 Å². The molecule has 0 radical (unpaired) electrons. The summed E-state index contributed by atoms with van der Waals surface area (Å²) in [7, 11) is 1.61. The molecule has 0 atom stereocenters. The van der Waals surface area contributed by atoms with E-state index in [1.807, 2.05) is 24.3 Å². The summed E-state index contributed by atoms with van der Waals surface area (Å²) in [4.78, 5) is 22.3. The molecule has 1 N–H and O–H groups in total. The van der Waals surface area contributed by atoms with E-state index in [0.29, 0.717) is 17.9 Å². The first-order chi connectivity index (χ1) is 12.9. The van der Waals surface area contributed by atoms with E-state index in [2.05, 4.69) is 15.5 Å². The van der Waals surface area contributed by atoms with Crippen molar-refractivity contribution >= 4 is 17.4 Å². The van der Waals surface area contributed by atoms with Crippen molar-refractivity contribution in [3.8, 4) is 5.75 Å². The molecule has 0 aliphatic carbocycles. The van der Waals surface area contributed by atoms with Gasteiger partial charge >= 0.3 is 5.82 Å². The van der Waals surface area contributed by atoms with Crippen LogP contribution in [0.3, 0.4) is 0 Å². The zero-order valence-electron chi connectivity index (χ0n) is 14.8. The lowest BCUT2D eigenvalue weighted by atomic mass is 10.2. The molecule has 140 valence electrons.